The van der Waals surface area contributed by atoms with E-state index < -0.39 is 5.41 Å². The Hall–Kier alpha value is -8.28. The third-order valence-corrected chi connectivity index (χ3v) is 13.6. The summed E-state index contributed by atoms with van der Waals surface area (Å²) in [5.41, 5.74) is 15.9. The number of rotatable bonds is 3. The van der Waals surface area contributed by atoms with E-state index in [2.05, 4.69) is 192 Å². The van der Waals surface area contributed by atoms with Crippen molar-refractivity contribution in [2.75, 3.05) is 0 Å². The molecule has 2 aliphatic rings. The van der Waals surface area contributed by atoms with E-state index in [-0.39, 0.29) is 0 Å². The maximum absolute atomic E-state index is 5.17. The first-order chi connectivity index (χ1) is 30.8. The van der Waals surface area contributed by atoms with Crippen LogP contribution in [0, 0.1) is 0 Å². The number of hydrogen-bond acceptors (Lipinski definition) is 4. The summed E-state index contributed by atoms with van der Waals surface area (Å²) in [6.07, 6.45) is 5.11. The molecular weight excluding hydrogens is 755 g/mol. The van der Waals surface area contributed by atoms with Crippen LogP contribution in [0.3, 0.4) is 0 Å². The zero-order valence-corrected chi connectivity index (χ0v) is 33.3. The summed E-state index contributed by atoms with van der Waals surface area (Å²) in [6.45, 7) is 0. The van der Waals surface area contributed by atoms with Gasteiger partial charge in [-0.1, -0.05) is 146 Å². The third-order valence-electron chi connectivity index (χ3n) is 13.6. The summed E-state index contributed by atoms with van der Waals surface area (Å²) in [7, 11) is 0. The van der Waals surface area contributed by atoms with Gasteiger partial charge in [0.05, 0.1) is 22.1 Å². The van der Waals surface area contributed by atoms with Crippen molar-refractivity contribution < 1.29 is 0 Å². The summed E-state index contributed by atoms with van der Waals surface area (Å²) in [5.74, 6) is 0.591. The van der Waals surface area contributed by atoms with E-state index in [4.69, 9.17) is 15.0 Å². The molecule has 1 unspecified atom stereocenters. The van der Waals surface area contributed by atoms with Crippen LogP contribution in [0.2, 0.25) is 0 Å². The molecule has 1 spiro atoms. The molecule has 12 aromatic rings. The molecule has 0 bridgehead atoms. The van der Waals surface area contributed by atoms with Crippen LogP contribution >= 0.6 is 0 Å². The SMILES string of the molecule is c1ccc(-c2c3ccccc3c(-c3ccc4c(c3)C3(c5ccccc5-c5cc6c7cc8ccccc8cc7n(-c7ncncn7)c6cc53)c3cccnc3-4)c3ccccc23)cc1. The second kappa shape index (κ2) is 12.4. The molecule has 0 saturated carbocycles. The lowest BCUT2D eigenvalue weighted by molar-refractivity contribution is 0.792. The van der Waals surface area contributed by atoms with Crippen molar-refractivity contribution in [2.24, 2.45) is 0 Å². The Balaban J connectivity index is 1.11. The van der Waals surface area contributed by atoms with Gasteiger partial charge in [-0.25, -0.2) is 15.0 Å². The van der Waals surface area contributed by atoms with E-state index in [0.717, 1.165) is 33.1 Å². The molecule has 62 heavy (non-hydrogen) atoms. The molecule has 0 amide bonds. The number of benzene rings is 9. The minimum atomic E-state index is -0.643. The zero-order valence-electron chi connectivity index (χ0n) is 33.3. The molecule has 0 aliphatic heterocycles. The Labute approximate surface area is 356 Å². The van der Waals surface area contributed by atoms with Crippen LogP contribution in [0.15, 0.2) is 201 Å². The smallest absolute Gasteiger partial charge is 0.237 e. The maximum Gasteiger partial charge on any atom is 0.237 e. The van der Waals surface area contributed by atoms with Gasteiger partial charge in [0.2, 0.25) is 5.95 Å². The lowest BCUT2D eigenvalue weighted by Crippen LogP contribution is -2.26. The second-order valence-electron chi connectivity index (χ2n) is 16.6. The van der Waals surface area contributed by atoms with Crippen molar-refractivity contribution in [3.63, 3.8) is 0 Å². The molecule has 14 rings (SSSR count). The fourth-order valence-corrected chi connectivity index (χ4v) is 11.3. The predicted molar refractivity (Wildman–Crippen MR) is 252 cm³/mol. The van der Waals surface area contributed by atoms with Gasteiger partial charge in [-0.05, 0) is 124 Å². The normalized spacial score (nSPS) is 14.8. The second-order valence-corrected chi connectivity index (χ2v) is 16.6. The minimum Gasteiger partial charge on any atom is -0.278 e. The van der Waals surface area contributed by atoms with Crippen molar-refractivity contribution in [2.45, 2.75) is 5.41 Å². The molecule has 1 atom stereocenters. The number of pyridine rings is 1. The third kappa shape index (κ3) is 4.31. The Morgan fingerprint density at radius 3 is 1.73 bits per heavy atom. The van der Waals surface area contributed by atoms with Gasteiger partial charge in [0, 0.05) is 22.5 Å². The number of fused-ring (bicyclic) bond motifs is 16. The first kappa shape index (κ1) is 33.5. The average Bonchev–Trinajstić information content (AvgIpc) is 3.92. The number of nitrogens with zero attached hydrogens (tertiary/aromatic N) is 5. The fraction of sp³-hybridized carbons (Fsp3) is 0.0175. The molecule has 5 heteroatoms. The van der Waals surface area contributed by atoms with E-state index in [1.54, 1.807) is 12.7 Å². The van der Waals surface area contributed by atoms with Gasteiger partial charge in [0.1, 0.15) is 12.7 Å². The molecule has 2 aliphatic carbocycles. The van der Waals surface area contributed by atoms with Crippen LogP contribution in [0.25, 0.3) is 105 Å². The van der Waals surface area contributed by atoms with Crippen LogP contribution in [-0.2, 0) is 5.41 Å². The molecule has 9 aromatic carbocycles. The van der Waals surface area contributed by atoms with Crippen molar-refractivity contribution >= 4 is 54.1 Å². The number of aromatic nitrogens is 5. The lowest BCUT2D eigenvalue weighted by Gasteiger charge is -2.30. The molecule has 0 saturated heterocycles. The molecule has 5 nitrogen and oxygen atoms in total. The van der Waals surface area contributed by atoms with E-state index in [9.17, 15) is 0 Å². The maximum atomic E-state index is 5.17. The first-order valence-electron chi connectivity index (χ1n) is 21.1. The topological polar surface area (TPSA) is 56.5 Å². The summed E-state index contributed by atoms with van der Waals surface area (Å²) in [6, 6.07) is 67.2. The quantitative estimate of drug-likeness (QED) is 0.167. The fourth-order valence-electron chi connectivity index (χ4n) is 11.3. The van der Waals surface area contributed by atoms with Gasteiger partial charge >= 0.3 is 0 Å². The van der Waals surface area contributed by atoms with Crippen molar-refractivity contribution in [1.29, 1.82) is 0 Å². The summed E-state index contributed by atoms with van der Waals surface area (Å²) in [5, 5.41) is 9.63. The Bertz CT molecular complexity index is 3810. The molecular formula is C57H33N5. The summed E-state index contributed by atoms with van der Waals surface area (Å²) < 4.78 is 2.22. The molecule has 0 radical (unpaired) electrons. The molecule has 3 heterocycles. The largest absolute Gasteiger partial charge is 0.278 e. The van der Waals surface area contributed by atoms with E-state index in [1.807, 2.05) is 6.20 Å². The lowest BCUT2D eigenvalue weighted by atomic mass is 9.70. The Kier molecular flexibility index (Phi) is 6.70. The number of hydrogen-bond donors (Lipinski definition) is 0. The van der Waals surface area contributed by atoms with Gasteiger partial charge in [0.15, 0.2) is 0 Å². The Morgan fingerprint density at radius 2 is 0.968 bits per heavy atom. The van der Waals surface area contributed by atoms with Gasteiger partial charge in [-0.2, -0.15) is 0 Å². The predicted octanol–water partition coefficient (Wildman–Crippen LogP) is 13.5. The molecule has 0 fully saturated rings. The minimum absolute atomic E-state index is 0.591. The molecule has 0 N–H and O–H groups in total. The highest BCUT2D eigenvalue weighted by molar-refractivity contribution is 6.22. The highest BCUT2D eigenvalue weighted by atomic mass is 15.2. The van der Waals surface area contributed by atoms with Crippen molar-refractivity contribution in [3.05, 3.63) is 223 Å². The summed E-state index contributed by atoms with van der Waals surface area (Å²) >= 11 is 0. The van der Waals surface area contributed by atoms with Crippen molar-refractivity contribution in [3.8, 4) is 50.6 Å². The Morgan fingerprint density at radius 1 is 0.371 bits per heavy atom. The zero-order chi connectivity index (χ0) is 40.5. The van der Waals surface area contributed by atoms with Crippen LogP contribution in [-0.4, -0.2) is 24.5 Å². The van der Waals surface area contributed by atoms with E-state index >= 15 is 0 Å². The van der Waals surface area contributed by atoms with Gasteiger partial charge in [0.25, 0.3) is 0 Å². The van der Waals surface area contributed by atoms with Gasteiger partial charge < -0.3 is 0 Å². The van der Waals surface area contributed by atoms with Crippen molar-refractivity contribution in [1.82, 2.24) is 24.5 Å². The first-order valence-corrected chi connectivity index (χ1v) is 21.1. The average molecular weight is 788 g/mol. The standard InChI is InChI=1S/C57H33N5/c1-2-13-34(14-3-1)53-39-18-6-8-20-41(39)54(42-21-9-7-19-40(42)53)37-24-25-43-49(28-37)57(48-23-12-26-59-55(43)48)47-22-11-10-17-38(47)44-30-46-45-27-35-15-4-5-16-36(35)29-51(45)62(52(46)31-50(44)57)56-60-32-58-33-61-56/h1-33H. The van der Waals surface area contributed by atoms with Crippen LogP contribution in [0.4, 0.5) is 0 Å². The monoisotopic (exact) mass is 787 g/mol. The van der Waals surface area contributed by atoms with E-state index in [1.165, 1.54) is 88.0 Å². The van der Waals surface area contributed by atoms with Gasteiger partial charge in [-0.15, -0.1) is 0 Å². The van der Waals surface area contributed by atoms with Crippen LogP contribution in [0.1, 0.15) is 22.3 Å². The van der Waals surface area contributed by atoms with Crippen LogP contribution in [0.5, 0.6) is 0 Å². The highest BCUT2D eigenvalue weighted by Gasteiger charge is 2.52. The summed E-state index contributed by atoms with van der Waals surface area (Å²) in [4.78, 5) is 18.9. The van der Waals surface area contributed by atoms with E-state index in [0.29, 0.717) is 5.95 Å². The molecule has 286 valence electrons. The molecule has 3 aromatic heterocycles. The van der Waals surface area contributed by atoms with Gasteiger partial charge in [-0.3, -0.25) is 9.55 Å². The highest BCUT2D eigenvalue weighted by Crippen LogP contribution is 2.63. The van der Waals surface area contributed by atoms with Crippen LogP contribution < -0.4 is 0 Å².